The Balaban J connectivity index is 1.99. The van der Waals surface area contributed by atoms with Gasteiger partial charge < -0.3 is 27.0 Å². The zero-order valence-electron chi connectivity index (χ0n) is 18.0. The summed E-state index contributed by atoms with van der Waals surface area (Å²) in [6.07, 6.45) is 3.24. The molecule has 0 radical (unpaired) electrons. The first-order valence-electron chi connectivity index (χ1n) is 10.1. The number of nitrogens with one attached hydrogen (secondary N) is 2. The molecule has 2 rings (SSSR count). The van der Waals surface area contributed by atoms with E-state index < -0.39 is 23.9 Å². The summed E-state index contributed by atoms with van der Waals surface area (Å²) >= 11 is 1.62. The van der Waals surface area contributed by atoms with Crippen LogP contribution in [-0.2, 0) is 16.0 Å². The first-order valence-corrected chi connectivity index (χ1v) is 11.4. The number of thioether (sulfide) groups is 1. The van der Waals surface area contributed by atoms with Crippen LogP contribution < -0.4 is 22.3 Å². The molecule has 2 aromatic rings. The highest BCUT2D eigenvalue weighted by atomic mass is 32.2. The molecule has 0 aliphatic carbocycles. The molecule has 1 aromatic carbocycles. The molecule has 0 bridgehead atoms. The van der Waals surface area contributed by atoms with Gasteiger partial charge in [-0.1, -0.05) is 12.1 Å². The lowest BCUT2D eigenvalue weighted by Crippen LogP contribution is -2.41. The van der Waals surface area contributed by atoms with Crippen molar-refractivity contribution in [3.05, 3.63) is 51.3 Å². The van der Waals surface area contributed by atoms with Crippen molar-refractivity contribution >= 4 is 41.4 Å². The Morgan fingerprint density at radius 3 is 2.36 bits per heavy atom. The summed E-state index contributed by atoms with van der Waals surface area (Å²) in [4.78, 5) is 52.7. The average Bonchev–Trinajstić information content (AvgIpc) is 2.75. The summed E-state index contributed by atoms with van der Waals surface area (Å²) in [5.74, 6) is -2.92. The first-order chi connectivity index (χ1) is 15.6. The molecule has 8 N–H and O–H groups in total. The molecular weight excluding hydrogens is 450 g/mol. The molecule has 178 valence electrons. The first kappa shape index (κ1) is 25.7. The number of amides is 1. The topological polar surface area (TPSA) is 201 Å². The number of carboxylic acids is 2. The number of carbonyl (C=O) groups is 3. The van der Waals surface area contributed by atoms with Crippen molar-refractivity contribution in [1.82, 2.24) is 15.3 Å². The number of nitrogen functional groups attached to an aromatic ring is 2. The van der Waals surface area contributed by atoms with Crippen LogP contribution in [0.2, 0.25) is 0 Å². The average molecular weight is 478 g/mol. The highest BCUT2D eigenvalue weighted by Gasteiger charge is 2.22. The molecule has 1 heterocycles. The van der Waals surface area contributed by atoms with Gasteiger partial charge in [0.25, 0.3) is 11.5 Å². The Kier molecular flexibility index (Phi) is 9.28. The number of hydrogen-bond donors (Lipinski definition) is 6. The van der Waals surface area contributed by atoms with Crippen LogP contribution in [0.25, 0.3) is 0 Å². The number of nitrogens with zero attached hydrogens (tertiary/aromatic N) is 1. The normalized spacial score (nSPS) is 12.6. The van der Waals surface area contributed by atoms with Gasteiger partial charge in [0.05, 0.1) is 5.56 Å². The molecule has 12 heteroatoms. The van der Waals surface area contributed by atoms with Crippen LogP contribution >= 0.6 is 11.8 Å². The highest BCUT2D eigenvalue weighted by Crippen LogP contribution is 2.32. The Morgan fingerprint density at radius 1 is 1.15 bits per heavy atom. The lowest BCUT2D eigenvalue weighted by molar-refractivity contribution is -0.140. The SMILES string of the molecule is CSC(CCCc1c(N)nc(N)[nH]c1=O)c1ccc(C(=O)N[C@@H](CCC(=O)O)C(=O)O)cc1. The van der Waals surface area contributed by atoms with Crippen molar-refractivity contribution < 1.29 is 24.6 Å². The molecule has 0 aliphatic heterocycles. The van der Waals surface area contributed by atoms with Crippen LogP contribution in [0.3, 0.4) is 0 Å². The standard InChI is InChI=1S/C21H27N5O6S/c1-33-15(4-2-3-13-17(22)25-21(23)26-19(13)30)11-5-7-12(8-6-11)18(29)24-14(20(31)32)9-10-16(27)28/h5-8,14-15H,2-4,9-10H2,1H3,(H,24,29)(H,27,28)(H,31,32)(H5,22,23,25,26,30)/t14-,15?/m0/s1. The van der Waals surface area contributed by atoms with Crippen molar-refractivity contribution in [3.8, 4) is 0 Å². The number of H-pyrrole nitrogens is 1. The molecule has 0 aliphatic rings. The van der Waals surface area contributed by atoms with Gasteiger partial charge in [-0.15, -0.1) is 0 Å². The van der Waals surface area contributed by atoms with E-state index in [9.17, 15) is 24.3 Å². The van der Waals surface area contributed by atoms with E-state index in [-0.39, 0.29) is 41.0 Å². The van der Waals surface area contributed by atoms with E-state index in [4.69, 9.17) is 16.6 Å². The van der Waals surface area contributed by atoms with E-state index in [1.54, 1.807) is 36.0 Å². The molecule has 0 saturated carbocycles. The fourth-order valence-electron chi connectivity index (χ4n) is 3.28. The number of aromatic nitrogens is 2. The minimum absolute atomic E-state index is 0.0241. The second-order valence-corrected chi connectivity index (χ2v) is 8.39. The van der Waals surface area contributed by atoms with Gasteiger partial charge in [0.1, 0.15) is 11.9 Å². The van der Waals surface area contributed by atoms with E-state index >= 15 is 0 Å². The molecule has 33 heavy (non-hydrogen) atoms. The zero-order chi connectivity index (χ0) is 24.5. The van der Waals surface area contributed by atoms with E-state index in [2.05, 4.69) is 15.3 Å². The fraction of sp³-hybridized carbons (Fsp3) is 0.381. The number of aliphatic carboxylic acids is 2. The van der Waals surface area contributed by atoms with Crippen LogP contribution in [0.15, 0.2) is 29.1 Å². The smallest absolute Gasteiger partial charge is 0.326 e. The Labute approximate surface area is 194 Å². The van der Waals surface area contributed by atoms with Crippen molar-refractivity contribution in [2.24, 2.45) is 0 Å². The second-order valence-electron chi connectivity index (χ2n) is 7.35. The van der Waals surface area contributed by atoms with Gasteiger partial charge in [0, 0.05) is 17.2 Å². The van der Waals surface area contributed by atoms with Crippen LogP contribution in [0.5, 0.6) is 0 Å². The van der Waals surface area contributed by atoms with Gasteiger partial charge in [0.2, 0.25) is 5.95 Å². The third-order valence-electron chi connectivity index (χ3n) is 5.04. The van der Waals surface area contributed by atoms with Gasteiger partial charge in [-0.3, -0.25) is 19.4 Å². The van der Waals surface area contributed by atoms with E-state index in [1.165, 1.54) is 0 Å². The molecule has 1 unspecified atom stereocenters. The summed E-state index contributed by atoms with van der Waals surface area (Å²) in [6.45, 7) is 0. The van der Waals surface area contributed by atoms with Crippen LogP contribution in [0.1, 0.15) is 52.4 Å². The van der Waals surface area contributed by atoms with Crippen LogP contribution in [-0.4, -0.2) is 50.3 Å². The van der Waals surface area contributed by atoms with Gasteiger partial charge >= 0.3 is 11.9 Å². The maximum absolute atomic E-state index is 12.4. The molecule has 11 nitrogen and oxygen atoms in total. The molecule has 0 saturated heterocycles. The zero-order valence-corrected chi connectivity index (χ0v) is 18.9. The minimum atomic E-state index is -1.29. The van der Waals surface area contributed by atoms with Gasteiger partial charge in [0.15, 0.2) is 0 Å². The summed E-state index contributed by atoms with van der Waals surface area (Å²) in [6, 6.07) is 5.47. The Bertz CT molecular complexity index is 1060. The number of benzene rings is 1. The number of nitrogens with two attached hydrogens (primary N) is 2. The third-order valence-corrected chi connectivity index (χ3v) is 6.12. The number of aromatic amines is 1. The number of carbonyl (C=O) groups excluding carboxylic acids is 1. The van der Waals surface area contributed by atoms with Gasteiger partial charge in [-0.2, -0.15) is 16.7 Å². The molecule has 1 aromatic heterocycles. The van der Waals surface area contributed by atoms with Crippen molar-refractivity contribution in [2.75, 3.05) is 17.7 Å². The maximum Gasteiger partial charge on any atom is 0.326 e. The summed E-state index contributed by atoms with van der Waals surface area (Å²) in [7, 11) is 0. The second kappa shape index (κ2) is 11.9. The van der Waals surface area contributed by atoms with E-state index in [1.807, 2.05) is 6.26 Å². The molecule has 0 fully saturated rings. The summed E-state index contributed by atoms with van der Waals surface area (Å²) in [5.41, 5.74) is 12.6. The highest BCUT2D eigenvalue weighted by molar-refractivity contribution is 7.98. The number of rotatable bonds is 12. The van der Waals surface area contributed by atoms with Crippen molar-refractivity contribution in [2.45, 2.75) is 43.4 Å². The third kappa shape index (κ3) is 7.52. The molecule has 0 spiro atoms. The lowest BCUT2D eigenvalue weighted by atomic mass is 10.0. The summed E-state index contributed by atoms with van der Waals surface area (Å²) < 4.78 is 0. The fourth-order valence-corrected chi connectivity index (χ4v) is 4.11. The predicted octanol–water partition coefficient (Wildman–Crippen LogP) is 1.41. The monoisotopic (exact) mass is 477 g/mol. The van der Waals surface area contributed by atoms with Crippen molar-refractivity contribution in [3.63, 3.8) is 0 Å². The summed E-state index contributed by atoms with van der Waals surface area (Å²) in [5, 5.41) is 20.4. The number of carboxylic acid groups (broad SMARTS) is 2. The van der Waals surface area contributed by atoms with Crippen LogP contribution in [0, 0.1) is 0 Å². The molecule has 1 amide bonds. The molecular formula is C21H27N5O6S. The van der Waals surface area contributed by atoms with Gasteiger partial charge in [-0.05, 0) is 49.6 Å². The Morgan fingerprint density at radius 2 is 1.82 bits per heavy atom. The Hall–Kier alpha value is -3.54. The largest absolute Gasteiger partial charge is 0.481 e. The predicted molar refractivity (Wildman–Crippen MR) is 125 cm³/mol. The molecule has 2 atom stereocenters. The van der Waals surface area contributed by atoms with Crippen LogP contribution in [0.4, 0.5) is 11.8 Å². The van der Waals surface area contributed by atoms with E-state index in [0.717, 1.165) is 12.0 Å². The quantitative estimate of drug-likeness (QED) is 0.259. The maximum atomic E-state index is 12.4. The lowest BCUT2D eigenvalue weighted by Gasteiger charge is -2.16. The van der Waals surface area contributed by atoms with Gasteiger partial charge in [-0.25, -0.2) is 4.79 Å². The minimum Gasteiger partial charge on any atom is -0.481 e. The van der Waals surface area contributed by atoms with Crippen molar-refractivity contribution in [1.29, 1.82) is 0 Å². The number of hydrogen-bond acceptors (Lipinski definition) is 8. The number of anilines is 2. The van der Waals surface area contributed by atoms with E-state index in [0.29, 0.717) is 18.4 Å².